The molecule has 1 aromatic rings. The fraction of sp³-hybridized carbons (Fsp3) is 0.625. The molecule has 3 rings (SSSR count). The highest BCUT2D eigenvalue weighted by molar-refractivity contribution is 5.38. The van der Waals surface area contributed by atoms with Crippen molar-refractivity contribution in [2.75, 3.05) is 13.2 Å². The Balaban J connectivity index is 1.58. The molecule has 3 nitrogen and oxygen atoms in total. The van der Waals surface area contributed by atoms with E-state index in [0.29, 0.717) is 6.04 Å². The average molecular weight is 260 g/mol. The van der Waals surface area contributed by atoms with Crippen molar-refractivity contribution in [2.45, 2.75) is 51.2 Å². The molecule has 2 aliphatic rings. The van der Waals surface area contributed by atoms with Crippen molar-refractivity contribution in [3.05, 3.63) is 29.3 Å². The monoisotopic (exact) mass is 260 g/mol. The third-order valence-electron chi connectivity index (χ3n) is 4.15. The van der Waals surface area contributed by atoms with Crippen LogP contribution in [-0.2, 0) is 13.0 Å². The molecule has 0 saturated carbocycles. The second-order valence-corrected chi connectivity index (χ2v) is 6.44. The van der Waals surface area contributed by atoms with Gasteiger partial charge in [-0.25, -0.2) is 0 Å². The summed E-state index contributed by atoms with van der Waals surface area (Å²) in [6, 6.07) is 7.20. The van der Waals surface area contributed by atoms with E-state index in [1.165, 1.54) is 17.5 Å². The van der Waals surface area contributed by atoms with Crippen LogP contribution in [0.15, 0.2) is 18.2 Å². The van der Waals surface area contributed by atoms with Crippen LogP contribution in [-0.4, -0.2) is 24.7 Å². The number of hydrogen-bond acceptors (Lipinski definition) is 3. The summed E-state index contributed by atoms with van der Waals surface area (Å²) in [5, 5.41) is 7.21. The topological polar surface area (TPSA) is 33.3 Å². The predicted molar refractivity (Wildman–Crippen MR) is 77.6 cm³/mol. The van der Waals surface area contributed by atoms with Gasteiger partial charge in [-0.2, -0.15) is 0 Å². The van der Waals surface area contributed by atoms with Crippen molar-refractivity contribution in [1.82, 2.24) is 10.6 Å². The van der Waals surface area contributed by atoms with Crippen LogP contribution in [0.2, 0.25) is 0 Å². The average Bonchev–Trinajstić information content (AvgIpc) is 2.76. The second-order valence-electron chi connectivity index (χ2n) is 6.44. The maximum atomic E-state index is 5.65. The Morgan fingerprint density at radius 1 is 1.42 bits per heavy atom. The minimum Gasteiger partial charge on any atom is -0.493 e. The number of hydrogen-bond donors (Lipinski definition) is 2. The summed E-state index contributed by atoms with van der Waals surface area (Å²) in [5.74, 6) is 1.08. The van der Waals surface area contributed by atoms with Crippen molar-refractivity contribution >= 4 is 0 Å². The Morgan fingerprint density at radius 3 is 3.11 bits per heavy atom. The zero-order valence-electron chi connectivity index (χ0n) is 12.0. The van der Waals surface area contributed by atoms with E-state index < -0.39 is 0 Å². The fourth-order valence-corrected chi connectivity index (χ4v) is 3.09. The van der Waals surface area contributed by atoms with Gasteiger partial charge in [0.05, 0.1) is 6.61 Å². The SMILES string of the molecule is CC1(C)CC(NCc2ccc3c(c2)CCCO3)CN1. The molecular formula is C16H24N2O. The Hall–Kier alpha value is -1.06. The zero-order chi connectivity index (χ0) is 13.3. The van der Waals surface area contributed by atoms with Gasteiger partial charge in [-0.1, -0.05) is 12.1 Å². The molecule has 19 heavy (non-hydrogen) atoms. The number of fused-ring (bicyclic) bond motifs is 1. The lowest BCUT2D eigenvalue weighted by Crippen LogP contribution is -2.31. The first-order valence-corrected chi connectivity index (χ1v) is 7.35. The molecule has 2 aliphatic heterocycles. The van der Waals surface area contributed by atoms with E-state index in [0.717, 1.165) is 38.3 Å². The Morgan fingerprint density at radius 2 is 2.32 bits per heavy atom. The van der Waals surface area contributed by atoms with Gasteiger partial charge in [0.15, 0.2) is 0 Å². The molecule has 2 N–H and O–H groups in total. The highest BCUT2D eigenvalue weighted by Gasteiger charge is 2.29. The third-order valence-corrected chi connectivity index (χ3v) is 4.15. The molecule has 104 valence electrons. The van der Waals surface area contributed by atoms with Crippen LogP contribution in [0, 0.1) is 0 Å². The van der Waals surface area contributed by atoms with Crippen molar-refractivity contribution in [3.63, 3.8) is 0 Å². The van der Waals surface area contributed by atoms with Gasteiger partial charge >= 0.3 is 0 Å². The van der Waals surface area contributed by atoms with E-state index in [-0.39, 0.29) is 5.54 Å². The summed E-state index contributed by atoms with van der Waals surface area (Å²) in [6.45, 7) is 7.43. The smallest absolute Gasteiger partial charge is 0.122 e. The number of ether oxygens (including phenoxy) is 1. The van der Waals surface area contributed by atoms with Crippen LogP contribution >= 0.6 is 0 Å². The lowest BCUT2D eigenvalue weighted by molar-refractivity contribution is 0.288. The van der Waals surface area contributed by atoms with Crippen LogP contribution in [0.1, 0.15) is 37.8 Å². The highest BCUT2D eigenvalue weighted by Crippen LogP contribution is 2.25. The second kappa shape index (κ2) is 5.14. The standard InChI is InChI=1S/C16H24N2O/c1-16(2)9-14(11-18-16)17-10-12-5-6-15-13(8-12)4-3-7-19-15/h5-6,8,14,17-18H,3-4,7,9-11H2,1-2H3. The molecule has 0 radical (unpaired) electrons. The quantitative estimate of drug-likeness (QED) is 0.874. The summed E-state index contributed by atoms with van der Waals surface area (Å²) in [5.41, 5.74) is 3.02. The van der Waals surface area contributed by atoms with Crippen LogP contribution < -0.4 is 15.4 Å². The summed E-state index contributed by atoms with van der Waals surface area (Å²) < 4.78 is 5.65. The van der Waals surface area contributed by atoms with Gasteiger partial charge in [-0.3, -0.25) is 0 Å². The van der Waals surface area contributed by atoms with Crippen LogP contribution in [0.4, 0.5) is 0 Å². The minimum atomic E-state index is 0.279. The largest absolute Gasteiger partial charge is 0.493 e. The molecule has 1 aromatic carbocycles. The van der Waals surface area contributed by atoms with Crippen molar-refractivity contribution in [2.24, 2.45) is 0 Å². The summed E-state index contributed by atoms with van der Waals surface area (Å²) >= 11 is 0. The third kappa shape index (κ3) is 3.10. The molecule has 1 atom stereocenters. The van der Waals surface area contributed by atoms with Gasteiger partial charge in [0.25, 0.3) is 0 Å². The van der Waals surface area contributed by atoms with Gasteiger partial charge < -0.3 is 15.4 Å². The summed E-state index contributed by atoms with van der Waals surface area (Å²) in [4.78, 5) is 0. The van der Waals surface area contributed by atoms with Crippen molar-refractivity contribution < 1.29 is 4.74 Å². The van der Waals surface area contributed by atoms with E-state index in [9.17, 15) is 0 Å². The first kappa shape index (κ1) is 12.9. The van der Waals surface area contributed by atoms with Crippen LogP contribution in [0.5, 0.6) is 5.75 Å². The molecule has 1 unspecified atom stereocenters. The van der Waals surface area contributed by atoms with E-state index in [2.05, 4.69) is 42.7 Å². The maximum absolute atomic E-state index is 5.65. The molecule has 0 bridgehead atoms. The number of rotatable bonds is 3. The Kier molecular flexibility index (Phi) is 3.50. The summed E-state index contributed by atoms with van der Waals surface area (Å²) in [6.07, 6.45) is 3.49. The van der Waals surface area contributed by atoms with Crippen LogP contribution in [0.3, 0.4) is 0 Å². The normalized spacial score (nSPS) is 24.8. The van der Waals surface area contributed by atoms with E-state index in [4.69, 9.17) is 4.74 Å². The Bertz CT molecular complexity index is 456. The van der Waals surface area contributed by atoms with E-state index in [1.807, 2.05) is 0 Å². The fourth-order valence-electron chi connectivity index (χ4n) is 3.09. The molecule has 0 aliphatic carbocycles. The van der Waals surface area contributed by atoms with Gasteiger partial charge in [-0.15, -0.1) is 0 Å². The van der Waals surface area contributed by atoms with Crippen LogP contribution in [0.25, 0.3) is 0 Å². The number of aryl methyl sites for hydroxylation is 1. The van der Waals surface area contributed by atoms with E-state index >= 15 is 0 Å². The summed E-state index contributed by atoms with van der Waals surface area (Å²) in [7, 11) is 0. The highest BCUT2D eigenvalue weighted by atomic mass is 16.5. The number of benzene rings is 1. The van der Waals surface area contributed by atoms with Gasteiger partial charge in [-0.05, 0) is 50.3 Å². The van der Waals surface area contributed by atoms with Gasteiger partial charge in [0, 0.05) is 24.7 Å². The maximum Gasteiger partial charge on any atom is 0.122 e. The zero-order valence-corrected chi connectivity index (χ0v) is 12.0. The van der Waals surface area contributed by atoms with E-state index in [1.54, 1.807) is 0 Å². The molecule has 1 fully saturated rings. The first-order chi connectivity index (χ1) is 9.12. The molecular weight excluding hydrogens is 236 g/mol. The van der Waals surface area contributed by atoms with Gasteiger partial charge in [0.1, 0.15) is 5.75 Å². The first-order valence-electron chi connectivity index (χ1n) is 7.35. The van der Waals surface area contributed by atoms with Crippen molar-refractivity contribution in [3.8, 4) is 5.75 Å². The lowest BCUT2D eigenvalue weighted by Gasteiger charge is -2.19. The molecule has 0 aromatic heterocycles. The number of nitrogens with one attached hydrogen (secondary N) is 2. The molecule has 0 amide bonds. The van der Waals surface area contributed by atoms with Crippen molar-refractivity contribution in [1.29, 1.82) is 0 Å². The minimum absolute atomic E-state index is 0.279. The molecule has 3 heteroatoms. The molecule has 1 saturated heterocycles. The molecule has 0 spiro atoms. The lowest BCUT2D eigenvalue weighted by atomic mass is 10.0. The molecule has 2 heterocycles. The Labute approximate surface area is 115 Å². The predicted octanol–water partition coefficient (Wildman–Crippen LogP) is 2.24. The van der Waals surface area contributed by atoms with Gasteiger partial charge in [0.2, 0.25) is 0 Å².